The van der Waals surface area contributed by atoms with E-state index in [0.29, 0.717) is 33.3 Å². The number of hydrogen-bond donors (Lipinski definition) is 2. The van der Waals surface area contributed by atoms with Gasteiger partial charge in [-0.05, 0) is 39.3 Å². The van der Waals surface area contributed by atoms with E-state index in [-0.39, 0.29) is 0 Å². The first-order valence-corrected chi connectivity index (χ1v) is 7.54. The van der Waals surface area contributed by atoms with Crippen LogP contribution < -0.4 is 11.5 Å². The molecule has 0 aliphatic rings. The summed E-state index contributed by atoms with van der Waals surface area (Å²) in [6, 6.07) is 1.90. The number of nitrogens with zero attached hydrogens (tertiary/aromatic N) is 1. The highest BCUT2D eigenvalue weighted by Crippen LogP contribution is 2.33. The molecule has 0 radical (unpaired) electrons. The number of primary amides is 1. The molecule has 0 aliphatic heterocycles. The van der Waals surface area contributed by atoms with Crippen molar-refractivity contribution in [2.75, 3.05) is 5.73 Å². The van der Waals surface area contributed by atoms with Crippen molar-refractivity contribution < 1.29 is 9.21 Å². The summed E-state index contributed by atoms with van der Waals surface area (Å²) < 4.78 is 5.77. The Morgan fingerprint density at radius 2 is 2.00 bits per heavy atom. The van der Waals surface area contributed by atoms with Gasteiger partial charge in [-0.25, -0.2) is 4.99 Å². The molecule has 1 amide bonds. The molecule has 0 aliphatic carbocycles. The van der Waals surface area contributed by atoms with Crippen molar-refractivity contribution in [3.05, 3.63) is 50.7 Å². The predicted octanol–water partition coefficient (Wildman–Crippen LogP) is 3.32. The fraction of sp³-hybridized carbons (Fsp3) is 0.250. The van der Waals surface area contributed by atoms with Crippen LogP contribution in [0.3, 0.4) is 0 Å². The fourth-order valence-corrected chi connectivity index (χ4v) is 3.08. The van der Waals surface area contributed by atoms with Crippen molar-refractivity contribution in [3.63, 3.8) is 0 Å². The Kier molecular flexibility index (Phi) is 4.23. The summed E-state index contributed by atoms with van der Waals surface area (Å²) in [6.07, 6.45) is 0. The van der Waals surface area contributed by atoms with Crippen LogP contribution in [0.4, 0.5) is 5.69 Å². The average Bonchev–Trinajstić information content (AvgIpc) is 2.88. The predicted molar refractivity (Wildman–Crippen MR) is 90.6 cm³/mol. The first-order valence-electron chi connectivity index (χ1n) is 6.73. The van der Waals surface area contributed by atoms with Crippen LogP contribution in [0, 0.1) is 20.8 Å². The number of furan rings is 1. The number of aryl methyl sites for hydroxylation is 3. The van der Waals surface area contributed by atoms with Gasteiger partial charge in [0.05, 0.1) is 5.69 Å². The van der Waals surface area contributed by atoms with E-state index in [1.807, 2.05) is 26.8 Å². The summed E-state index contributed by atoms with van der Waals surface area (Å²) >= 11 is 1.26. The minimum atomic E-state index is -0.543. The molecule has 0 unspecified atom stereocenters. The largest absolute Gasteiger partial charge is 0.459 e. The number of allylic oxidation sites excluding steroid dienone is 1. The zero-order chi connectivity index (χ0) is 16.6. The van der Waals surface area contributed by atoms with Crippen molar-refractivity contribution in [1.29, 1.82) is 0 Å². The third kappa shape index (κ3) is 2.82. The second-order valence-corrected chi connectivity index (χ2v) is 6.41. The van der Waals surface area contributed by atoms with Gasteiger partial charge in [-0.1, -0.05) is 6.58 Å². The number of amides is 1. The topological polar surface area (TPSA) is 94.6 Å². The van der Waals surface area contributed by atoms with E-state index in [9.17, 15) is 4.79 Å². The lowest BCUT2D eigenvalue weighted by molar-refractivity contribution is 0.100. The number of nitrogens with two attached hydrogens (primary N) is 2. The molecule has 0 bridgehead atoms. The molecular weight excluding hydrogens is 298 g/mol. The quantitative estimate of drug-likeness (QED) is 0.847. The van der Waals surface area contributed by atoms with Gasteiger partial charge in [0, 0.05) is 16.1 Å². The first kappa shape index (κ1) is 16.0. The van der Waals surface area contributed by atoms with Crippen molar-refractivity contribution in [3.8, 4) is 0 Å². The van der Waals surface area contributed by atoms with Crippen LogP contribution in [0.15, 0.2) is 27.8 Å². The monoisotopic (exact) mass is 317 g/mol. The van der Waals surface area contributed by atoms with Crippen LogP contribution in [-0.2, 0) is 0 Å². The van der Waals surface area contributed by atoms with Gasteiger partial charge in [-0.2, -0.15) is 0 Å². The SMILES string of the molecule is C=C(C)N=C(c1cc(C)c(C)o1)c1c(C)sc(C(N)=O)c1N. The molecule has 0 aromatic carbocycles. The van der Waals surface area contributed by atoms with Gasteiger partial charge in [0.2, 0.25) is 0 Å². The summed E-state index contributed by atoms with van der Waals surface area (Å²) in [5.74, 6) is 0.867. The molecule has 0 saturated heterocycles. The van der Waals surface area contributed by atoms with Crippen molar-refractivity contribution in [2.24, 2.45) is 10.7 Å². The number of carbonyl (C=O) groups excluding carboxylic acids is 1. The first-order chi connectivity index (χ1) is 10.2. The van der Waals surface area contributed by atoms with Crippen LogP contribution in [0.2, 0.25) is 0 Å². The molecule has 2 aromatic rings. The summed E-state index contributed by atoms with van der Waals surface area (Å²) in [7, 11) is 0. The zero-order valence-corrected chi connectivity index (χ0v) is 13.9. The minimum absolute atomic E-state index is 0.335. The zero-order valence-electron chi connectivity index (χ0n) is 13.1. The third-order valence-electron chi connectivity index (χ3n) is 3.28. The molecule has 116 valence electrons. The maximum absolute atomic E-state index is 11.5. The van der Waals surface area contributed by atoms with Crippen molar-refractivity contribution in [1.82, 2.24) is 0 Å². The number of anilines is 1. The lowest BCUT2D eigenvalue weighted by Crippen LogP contribution is -2.13. The molecule has 2 aromatic heterocycles. The number of thiophene rings is 1. The molecule has 4 N–H and O–H groups in total. The highest BCUT2D eigenvalue weighted by Gasteiger charge is 2.24. The highest BCUT2D eigenvalue weighted by molar-refractivity contribution is 7.15. The molecule has 2 rings (SSSR count). The number of carbonyl (C=O) groups is 1. The van der Waals surface area contributed by atoms with Gasteiger partial charge in [-0.3, -0.25) is 4.79 Å². The van der Waals surface area contributed by atoms with Crippen LogP contribution in [0.25, 0.3) is 0 Å². The Labute approximate surface area is 133 Å². The van der Waals surface area contributed by atoms with Crippen molar-refractivity contribution >= 4 is 28.6 Å². The number of hydrogen-bond acceptors (Lipinski definition) is 5. The van der Waals surface area contributed by atoms with E-state index < -0.39 is 5.91 Å². The van der Waals surface area contributed by atoms with E-state index in [1.165, 1.54) is 11.3 Å². The highest BCUT2D eigenvalue weighted by atomic mass is 32.1. The molecule has 0 spiro atoms. The summed E-state index contributed by atoms with van der Waals surface area (Å²) in [4.78, 5) is 17.2. The molecular formula is C16H19N3O2S. The van der Waals surface area contributed by atoms with E-state index in [2.05, 4.69) is 11.6 Å². The second kappa shape index (κ2) is 5.81. The molecule has 2 heterocycles. The van der Waals surface area contributed by atoms with E-state index in [0.717, 1.165) is 16.2 Å². The van der Waals surface area contributed by atoms with Crippen LogP contribution >= 0.6 is 11.3 Å². The number of nitrogen functional groups attached to an aromatic ring is 1. The molecule has 0 saturated carbocycles. The summed E-state index contributed by atoms with van der Waals surface area (Å²) in [5, 5.41) is 0. The van der Waals surface area contributed by atoms with Crippen molar-refractivity contribution in [2.45, 2.75) is 27.7 Å². The van der Waals surface area contributed by atoms with Crippen LogP contribution in [0.1, 0.15) is 44.1 Å². The van der Waals surface area contributed by atoms with E-state index >= 15 is 0 Å². The molecule has 0 fully saturated rings. The Morgan fingerprint density at radius 1 is 1.36 bits per heavy atom. The van der Waals surface area contributed by atoms with Gasteiger partial charge in [0.15, 0.2) is 5.76 Å². The lowest BCUT2D eigenvalue weighted by atomic mass is 10.1. The van der Waals surface area contributed by atoms with E-state index in [4.69, 9.17) is 15.9 Å². The normalized spacial score (nSPS) is 11.7. The molecule has 22 heavy (non-hydrogen) atoms. The average molecular weight is 317 g/mol. The third-order valence-corrected chi connectivity index (χ3v) is 4.42. The Hall–Kier alpha value is -2.34. The fourth-order valence-electron chi connectivity index (χ4n) is 2.15. The number of rotatable bonds is 4. The molecule has 0 atom stereocenters. The van der Waals surface area contributed by atoms with E-state index in [1.54, 1.807) is 6.92 Å². The summed E-state index contributed by atoms with van der Waals surface area (Å²) in [5.41, 5.74) is 14.7. The van der Waals surface area contributed by atoms with Crippen LogP contribution in [0.5, 0.6) is 0 Å². The minimum Gasteiger partial charge on any atom is -0.459 e. The van der Waals surface area contributed by atoms with Gasteiger partial charge in [-0.15, -0.1) is 11.3 Å². The Morgan fingerprint density at radius 3 is 2.41 bits per heavy atom. The van der Waals surface area contributed by atoms with Crippen LogP contribution in [-0.4, -0.2) is 11.6 Å². The smallest absolute Gasteiger partial charge is 0.260 e. The Balaban J connectivity index is 2.72. The maximum atomic E-state index is 11.5. The van der Waals surface area contributed by atoms with Gasteiger partial charge < -0.3 is 15.9 Å². The maximum Gasteiger partial charge on any atom is 0.260 e. The lowest BCUT2D eigenvalue weighted by Gasteiger charge is -2.06. The molecule has 5 nitrogen and oxygen atoms in total. The number of aliphatic imine (C=N–C) groups is 1. The van der Waals surface area contributed by atoms with Gasteiger partial charge in [0.1, 0.15) is 16.3 Å². The van der Waals surface area contributed by atoms with Gasteiger partial charge >= 0.3 is 0 Å². The summed E-state index contributed by atoms with van der Waals surface area (Å²) in [6.45, 7) is 11.3. The Bertz CT molecular complexity index is 777. The second-order valence-electron chi connectivity index (χ2n) is 5.19. The standard InChI is InChI=1S/C16H19N3O2S/c1-7(2)19-14(11-6-8(3)9(4)21-11)12-10(5)22-15(13(12)17)16(18)20/h6H,1,17H2,2-5H3,(H2,18,20). The van der Waals surface area contributed by atoms with Gasteiger partial charge in [0.25, 0.3) is 5.91 Å². The molecule has 6 heteroatoms.